The number of nitrogens with zero attached hydrogens (tertiary/aromatic N) is 3. The van der Waals surface area contributed by atoms with Crippen LogP contribution < -0.4 is 11.1 Å². The second-order valence-corrected chi connectivity index (χ2v) is 10.9. The normalized spacial score (nSPS) is 18.2. The molecule has 0 bridgehead atoms. The molecule has 2 aliphatic carbocycles. The number of primary amides is 1. The maximum absolute atomic E-state index is 14.7. The van der Waals surface area contributed by atoms with Crippen LogP contribution in [0, 0.1) is 23.4 Å². The first-order chi connectivity index (χ1) is 20.1. The number of alkyl halides is 1. The molecule has 2 aromatic heterocycles. The summed E-state index contributed by atoms with van der Waals surface area (Å²) >= 11 is 0. The number of aromatic nitrogens is 3. The lowest BCUT2D eigenvalue weighted by Crippen LogP contribution is -2.34. The third kappa shape index (κ3) is 5.26. The maximum atomic E-state index is 14.7. The zero-order chi connectivity index (χ0) is 29.7. The van der Waals surface area contributed by atoms with Gasteiger partial charge in [0, 0.05) is 29.3 Å². The Morgan fingerprint density at radius 3 is 2.60 bits per heavy atom. The Morgan fingerprint density at radius 1 is 1.12 bits per heavy atom. The zero-order valence-corrected chi connectivity index (χ0v) is 22.6. The van der Waals surface area contributed by atoms with Gasteiger partial charge in [0.2, 0.25) is 5.91 Å². The molecular weight excluding hydrogens is 550 g/mol. The van der Waals surface area contributed by atoms with Gasteiger partial charge in [-0.3, -0.25) is 19.3 Å². The van der Waals surface area contributed by atoms with Crippen LogP contribution in [0.3, 0.4) is 0 Å². The lowest BCUT2D eigenvalue weighted by molar-refractivity contribution is -0.122. The minimum Gasteiger partial charge on any atom is -0.366 e. The fourth-order valence-corrected chi connectivity index (χ4v) is 6.05. The number of nitrogens with two attached hydrogens (primary N) is 1. The van der Waals surface area contributed by atoms with Crippen LogP contribution in [0.25, 0.3) is 11.1 Å². The highest BCUT2D eigenvalue weighted by molar-refractivity contribution is 5.94. The summed E-state index contributed by atoms with van der Waals surface area (Å²) in [6.45, 7) is 1.15. The smallest absolute Gasteiger partial charge is 0.251 e. The molecule has 0 aliphatic heterocycles. The van der Waals surface area contributed by atoms with Crippen molar-refractivity contribution in [2.75, 3.05) is 0 Å². The van der Waals surface area contributed by atoms with Gasteiger partial charge in [-0.2, -0.15) is 5.10 Å². The van der Waals surface area contributed by atoms with Gasteiger partial charge >= 0.3 is 0 Å². The number of nitrogens with one attached hydrogen (secondary N) is 1. The topological polar surface area (TPSA) is 103 Å². The van der Waals surface area contributed by atoms with Gasteiger partial charge < -0.3 is 11.1 Å². The Morgan fingerprint density at radius 2 is 1.88 bits per heavy atom. The second kappa shape index (κ2) is 10.7. The number of carbonyl (C=O) groups is 2. The summed E-state index contributed by atoms with van der Waals surface area (Å²) in [7, 11) is 0. The SMILES string of the molecule is CC(F)c1c2c(nn1CC(=O)NC(Cc1cc(F)cc(F)c1)c1ncccc1-c1ccc(F)c(C(N)=O)c1)C1CC1C2. The van der Waals surface area contributed by atoms with E-state index >= 15 is 0 Å². The summed E-state index contributed by atoms with van der Waals surface area (Å²) in [4.78, 5) is 29.7. The van der Waals surface area contributed by atoms with E-state index in [2.05, 4.69) is 15.4 Å². The maximum Gasteiger partial charge on any atom is 0.251 e. The van der Waals surface area contributed by atoms with Crippen LogP contribution >= 0.6 is 0 Å². The van der Waals surface area contributed by atoms with Gasteiger partial charge in [0.05, 0.1) is 28.7 Å². The molecule has 216 valence electrons. The highest BCUT2D eigenvalue weighted by Gasteiger charge is 2.49. The van der Waals surface area contributed by atoms with Gasteiger partial charge in [0.1, 0.15) is 30.2 Å². The minimum absolute atomic E-state index is 0.0555. The second-order valence-electron chi connectivity index (χ2n) is 10.9. The van der Waals surface area contributed by atoms with Crippen LogP contribution in [-0.2, 0) is 24.2 Å². The number of halogens is 4. The largest absolute Gasteiger partial charge is 0.366 e. The van der Waals surface area contributed by atoms with E-state index in [-0.39, 0.29) is 24.1 Å². The van der Waals surface area contributed by atoms with Crippen molar-refractivity contribution in [1.82, 2.24) is 20.1 Å². The summed E-state index contributed by atoms with van der Waals surface area (Å²) < 4.78 is 58.5. The Hall–Kier alpha value is -4.54. The van der Waals surface area contributed by atoms with Crippen LogP contribution in [0.5, 0.6) is 0 Å². The number of pyridine rings is 1. The molecule has 42 heavy (non-hydrogen) atoms. The first kappa shape index (κ1) is 27.6. The molecule has 1 saturated carbocycles. The monoisotopic (exact) mass is 577 g/mol. The number of benzene rings is 2. The molecule has 0 radical (unpaired) electrons. The molecule has 2 aliphatic rings. The fourth-order valence-electron chi connectivity index (χ4n) is 6.05. The number of carbonyl (C=O) groups excluding carboxylic acids is 2. The molecule has 4 atom stereocenters. The molecule has 2 amide bonds. The first-order valence-electron chi connectivity index (χ1n) is 13.6. The van der Waals surface area contributed by atoms with E-state index in [9.17, 15) is 27.2 Å². The Bertz CT molecular complexity index is 1700. The van der Waals surface area contributed by atoms with E-state index in [1.54, 1.807) is 12.1 Å². The Balaban J connectivity index is 1.36. The molecule has 11 heteroatoms. The number of hydrogen-bond donors (Lipinski definition) is 2. The minimum atomic E-state index is -1.32. The summed E-state index contributed by atoms with van der Waals surface area (Å²) in [6.07, 6.45) is 1.88. The van der Waals surface area contributed by atoms with Gasteiger partial charge in [-0.15, -0.1) is 0 Å². The Labute approximate surface area is 238 Å². The van der Waals surface area contributed by atoms with E-state index in [1.165, 1.54) is 29.9 Å². The van der Waals surface area contributed by atoms with Crippen molar-refractivity contribution in [1.29, 1.82) is 0 Å². The van der Waals surface area contributed by atoms with E-state index in [4.69, 9.17) is 5.73 Å². The number of rotatable bonds is 9. The number of hydrogen-bond acceptors (Lipinski definition) is 4. The molecule has 4 aromatic rings. The molecule has 2 aromatic carbocycles. The van der Waals surface area contributed by atoms with Crippen LogP contribution in [0.2, 0.25) is 0 Å². The molecule has 1 fully saturated rings. The average Bonchev–Trinajstić information content (AvgIpc) is 3.47. The van der Waals surface area contributed by atoms with E-state index < -0.39 is 41.5 Å². The lowest BCUT2D eigenvalue weighted by Gasteiger charge is -2.22. The summed E-state index contributed by atoms with van der Waals surface area (Å²) in [5, 5.41) is 7.47. The van der Waals surface area contributed by atoms with Crippen LogP contribution in [0.1, 0.15) is 70.0 Å². The lowest BCUT2D eigenvalue weighted by atomic mass is 9.94. The van der Waals surface area contributed by atoms with Crippen molar-refractivity contribution in [3.63, 3.8) is 0 Å². The van der Waals surface area contributed by atoms with Crippen molar-refractivity contribution in [2.45, 2.75) is 50.9 Å². The van der Waals surface area contributed by atoms with Gasteiger partial charge in [0.15, 0.2) is 0 Å². The zero-order valence-electron chi connectivity index (χ0n) is 22.6. The predicted molar refractivity (Wildman–Crippen MR) is 145 cm³/mol. The molecule has 3 N–H and O–H groups in total. The van der Waals surface area contributed by atoms with Gasteiger partial charge in [-0.05, 0) is 73.6 Å². The van der Waals surface area contributed by atoms with Gasteiger partial charge in [-0.1, -0.05) is 12.1 Å². The molecule has 7 nitrogen and oxygen atoms in total. The van der Waals surface area contributed by atoms with Crippen molar-refractivity contribution in [2.24, 2.45) is 11.7 Å². The van der Waals surface area contributed by atoms with Crippen LogP contribution in [0.15, 0.2) is 54.7 Å². The van der Waals surface area contributed by atoms with Crippen LogP contribution in [-0.4, -0.2) is 26.6 Å². The highest BCUT2D eigenvalue weighted by Crippen LogP contribution is 2.57. The summed E-state index contributed by atoms with van der Waals surface area (Å²) in [5.74, 6) is -3.02. The number of amides is 2. The molecule has 2 heterocycles. The summed E-state index contributed by atoms with van der Waals surface area (Å²) in [5.41, 5.74) is 8.53. The highest BCUT2D eigenvalue weighted by atomic mass is 19.1. The quantitative estimate of drug-likeness (QED) is 0.265. The van der Waals surface area contributed by atoms with Crippen molar-refractivity contribution in [3.05, 3.63) is 106 Å². The third-order valence-electron chi connectivity index (χ3n) is 7.94. The van der Waals surface area contributed by atoms with Crippen molar-refractivity contribution >= 4 is 11.8 Å². The molecule has 0 spiro atoms. The standard InChI is InChI=1S/C31H27F4N5O2/c1-15(32)30-24-12-18-11-22(18)28(24)39-40(30)14-27(41)38-26(9-16-7-19(33)13-20(34)8-16)29-21(3-2-6-37-29)17-4-5-25(35)23(10-17)31(36)42/h2-8,10,13,15,18,22,26H,9,11-12,14H2,1H3,(H2,36,42)(H,38,41). The first-order valence-corrected chi connectivity index (χ1v) is 13.6. The van der Waals surface area contributed by atoms with E-state index in [1.807, 2.05) is 0 Å². The summed E-state index contributed by atoms with van der Waals surface area (Å²) in [6, 6.07) is 9.24. The molecule has 6 rings (SSSR count). The molecule has 4 unspecified atom stereocenters. The van der Waals surface area contributed by atoms with Crippen molar-refractivity contribution in [3.8, 4) is 11.1 Å². The third-order valence-corrected chi connectivity index (χ3v) is 7.94. The van der Waals surface area contributed by atoms with E-state index in [0.29, 0.717) is 34.4 Å². The predicted octanol–water partition coefficient (Wildman–Crippen LogP) is 5.25. The van der Waals surface area contributed by atoms with Crippen LogP contribution in [0.4, 0.5) is 17.6 Å². The molecular formula is C31H27F4N5O2. The number of fused-ring (bicyclic) bond motifs is 3. The van der Waals surface area contributed by atoms with E-state index in [0.717, 1.165) is 48.4 Å². The van der Waals surface area contributed by atoms with Crippen molar-refractivity contribution < 1.29 is 27.2 Å². The fraction of sp³-hybridized carbons (Fsp3) is 0.290. The average molecular weight is 578 g/mol. The molecule has 0 saturated heterocycles. The van der Waals surface area contributed by atoms with Gasteiger partial charge in [0.25, 0.3) is 5.91 Å². The van der Waals surface area contributed by atoms with Gasteiger partial charge in [-0.25, -0.2) is 17.6 Å². The Kier molecular flexibility index (Phi) is 7.04.